The van der Waals surface area contributed by atoms with Gasteiger partial charge in [0.15, 0.2) is 17.3 Å². The number of aromatic nitrogens is 4. The highest BCUT2D eigenvalue weighted by Gasteiger charge is 2.14. The van der Waals surface area contributed by atoms with E-state index in [1.54, 1.807) is 37.7 Å². The molecule has 0 atom stereocenters. The van der Waals surface area contributed by atoms with Gasteiger partial charge in [0.1, 0.15) is 0 Å². The van der Waals surface area contributed by atoms with Crippen LogP contribution < -0.4 is 14.2 Å². The van der Waals surface area contributed by atoms with Crippen molar-refractivity contribution in [2.75, 3.05) is 14.2 Å². The van der Waals surface area contributed by atoms with Gasteiger partial charge >= 0.3 is 0 Å². The summed E-state index contributed by atoms with van der Waals surface area (Å²) in [6, 6.07) is 9.01. The van der Waals surface area contributed by atoms with E-state index in [-0.39, 0.29) is 5.88 Å². The molecule has 0 aliphatic rings. The minimum absolute atomic E-state index is 0.286. The van der Waals surface area contributed by atoms with E-state index < -0.39 is 0 Å². The topological polar surface area (TPSA) is 79.3 Å². The Balaban J connectivity index is 1.94. The first-order valence-electron chi connectivity index (χ1n) is 6.81. The summed E-state index contributed by atoms with van der Waals surface area (Å²) in [6.45, 7) is 0. The summed E-state index contributed by atoms with van der Waals surface area (Å²) >= 11 is 0. The molecule has 0 saturated heterocycles. The third-order valence-electron chi connectivity index (χ3n) is 2.97. The summed E-state index contributed by atoms with van der Waals surface area (Å²) in [6.07, 6.45) is 4.76. The summed E-state index contributed by atoms with van der Waals surface area (Å²) in [7, 11) is 3.08. The molecule has 3 rings (SSSR count). The Morgan fingerprint density at radius 2 is 1.48 bits per heavy atom. The zero-order chi connectivity index (χ0) is 16.1. The molecule has 116 valence electrons. The predicted octanol–water partition coefficient (Wildman–Crippen LogP) is 2.74. The van der Waals surface area contributed by atoms with E-state index in [0.717, 1.165) is 0 Å². The third-order valence-corrected chi connectivity index (χ3v) is 2.97. The zero-order valence-electron chi connectivity index (χ0n) is 12.6. The summed E-state index contributed by atoms with van der Waals surface area (Å²) in [5.74, 6) is 2.57. The number of benzene rings is 1. The number of methoxy groups -OCH3 is 2. The Morgan fingerprint density at radius 1 is 0.739 bits per heavy atom. The molecule has 0 bridgehead atoms. The number of ether oxygens (including phenoxy) is 3. The van der Waals surface area contributed by atoms with Gasteiger partial charge in [-0.2, -0.15) is 4.98 Å². The molecule has 0 aliphatic heterocycles. The minimum atomic E-state index is 0.286. The standard InChI is InChI=1S/C16H14N4O3/c1-21-11-6-3-4-7-12(11)23-13-10-19-15(20-16(13)22-2)14-17-8-5-9-18-14/h3-10H,1-2H3. The van der Waals surface area contributed by atoms with Crippen molar-refractivity contribution in [1.29, 1.82) is 0 Å². The Kier molecular flexibility index (Phi) is 4.28. The summed E-state index contributed by atoms with van der Waals surface area (Å²) in [5.41, 5.74) is 0. The molecular formula is C16H14N4O3. The van der Waals surface area contributed by atoms with Crippen LogP contribution in [-0.2, 0) is 0 Å². The summed E-state index contributed by atoms with van der Waals surface area (Å²) < 4.78 is 16.3. The van der Waals surface area contributed by atoms with Crippen molar-refractivity contribution >= 4 is 0 Å². The van der Waals surface area contributed by atoms with E-state index in [2.05, 4.69) is 19.9 Å². The van der Waals surface area contributed by atoms with E-state index >= 15 is 0 Å². The quantitative estimate of drug-likeness (QED) is 0.716. The van der Waals surface area contributed by atoms with Crippen molar-refractivity contribution in [2.24, 2.45) is 0 Å². The highest BCUT2D eigenvalue weighted by Crippen LogP contribution is 2.35. The highest BCUT2D eigenvalue weighted by molar-refractivity contribution is 5.49. The Bertz CT molecular complexity index is 796. The molecule has 0 fully saturated rings. The fourth-order valence-corrected chi connectivity index (χ4v) is 1.92. The molecule has 0 amide bonds. The van der Waals surface area contributed by atoms with Crippen LogP contribution in [0.3, 0.4) is 0 Å². The summed E-state index contributed by atoms with van der Waals surface area (Å²) in [5, 5.41) is 0. The molecule has 0 N–H and O–H groups in total. The zero-order valence-corrected chi connectivity index (χ0v) is 12.6. The molecule has 1 aromatic carbocycles. The fraction of sp³-hybridized carbons (Fsp3) is 0.125. The van der Waals surface area contributed by atoms with Crippen LogP contribution >= 0.6 is 0 Å². The van der Waals surface area contributed by atoms with E-state index in [4.69, 9.17) is 14.2 Å². The lowest BCUT2D eigenvalue weighted by molar-refractivity contribution is 0.346. The molecule has 2 heterocycles. The van der Waals surface area contributed by atoms with Crippen LogP contribution in [0.4, 0.5) is 0 Å². The second-order valence-electron chi connectivity index (χ2n) is 4.39. The van der Waals surface area contributed by atoms with Gasteiger partial charge in [-0.15, -0.1) is 0 Å². The first-order valence-corrected chi connectivity index (χ1v) is 6.81. The smallest absolute Gasteiger partial charge is 0.261 e. The second-order valence-corrected chi connectivity index (χ2v) is 4.39. The van der Waals surface area contributed by atoms with Gasteiger partial charge < -0.3 is 14.2 Å². The molecule has 0 unspecified atom stereocenters. The largest absolute Gasteiger partial charge is 0.493 e. The van der Waals surface area contributed by atoms with Crippen LogP contribution in [0.5, 0.6) is 23.1 Å². The van der Waals surface area contributed by atoms with Crippen LogP contribution in [0.15, 0.2) is 48.9 Å². The van der Waals surface area contributed by atoms with Gasteiger partial charge in [0.2, 0.25) is 11.6 Å². The number of hydrogen-bond donors (Lipinski definition) is 0. The van der Waals surface area contributed by atoms with E-state index in [1.165, 1.54) is 13.3 Å². The Morgan fingerprint density at radius 3 is 2.17 bits per heavy atom. The molecule has 0 radical (unpaired) electrons. The maximum absolute atomic E-state index is 5.80. The van der Waals surface area contributed by atoms with Gasteiger partial charge in [-0.05, 0) is 18.2 Å². The molecule has 3 aromatic rings. The van der Waals surface area contributed by atoms with Gasteiger partial charge in [-0.1, -0.05) is 12.1 Å². The maximum atomic E-state index is 5.80. The van der Waals surface area contributed by atoms with E-state index in [1.807, 2.05) is 12.1 Å². The molecule has 7 heteroatoms. The first-order chi connectivity index (χ1) is 11.3. The molecule has 23 heavy (non-hydrogen) atoms. The molecule has 7 nitrogen and oxygen atoms in total. The molecule has 0 saturated carbocycles. The van der Waals surface area contributed by atoms with Crippen LogP contribution in [0.25, 0.3) is 11.6 Å². The molecule has 2 aromatic heterocycles. The first kappa shape index (κ1) is 14.7. The number of hydrogen-bond acceptors (Lipinski definition) is 7. The van der Waals surface area contributed by atoms with Crippen molar-refractivity contribution < 1.29 is 14.2 Å². The van der Waals surface area contributed by atoms with Gasteiger partial charge in [0.25, 0.3) is 5.88 Å². The van der Waals surface area contributed by atoms with Crippen molar-refractivity contribution in [3.63, 3.8) is 0 Å². The van der Waals surface area contributed by atoms with Crippen LogP contribution in [0.2, 0.25) is 0 Å². The van der Waals surface area contributed by atoms with Crippen LogP contribution in [0, 0.1) is 0 Å². The van der Waals surface area contributed by atoms with Gasteiger partial charge in [-0.25, -0.2) is 15.0 Å². The number of nitrogens with zero attached hydrogens (tertiary/aromatic N) is 4. The molecule has 0 aliphatic carbocycles. The molecular weight excluding hydrogens is 296 g/mol. The van der Waals surface area contributed by atoms with Crippen molar-refractivity contribution in [3.8, 4) is 34.8 Å². The fourth-order valence-electron chi connectivity index (χ4n) is 1.92. The minimum Gasteiger partial charge on any atom is -0.493 e. The Hall–Kier alpha value is -3.22. The van der Waals surface area contributed by atoms with Crippen molar-refractivity contribution in [3.05, 3.63) is 48.9 Å². The maximum Gasteiger partial charge on any atom is 0.261 e. The van der Waals surface area contributed by atoms with Crippen molar-refractivity contribution in [2.45, 2.75) is 0 Å². The molecule has 0 spiro atoms. The van der Waals surface area contributed by atoms with Gasteiger partial charge in [-0.3, -0.25) is 0 Å². The average molecular weight is 310 g/mol. The predicted molar refractivity (Wildman–Crippen MR) is 82.7 cm³/mol. The lowest BCUT2D eigenvalue weighted by Gasteiger charge is -2.12. The summed E-state index contributed by atoms with van der Waals surface area (Å²) in [4.78, 5) is 16.7. The monoisotopic (exact) mass is 310 g/mol. The lowest BCUT2D eigenvalue weighted by Crippen LogP contribution is -2.00. The van der Waals surface area contributed by atoms with Gasteiger partial charge in [0, 0.05) is 12.4 Å². The third kappa shape index (κ3) is 3.18. The van der Waals surface area contributed by atoms with Gasteiger partial charge in [0.05, 0.1) is 20.4 Å². The highest BCUT2D eigenvalue weighted by atomic mass is 16.5. The van der Waals surface area contributed by atoms with Crippen LogP contribution in [-0.4, -0.2) is 34.2 Å². The van der Waals surface area contributed by atoms with E-state index in [0.29, 0.717) is 28.9 Å². The van der Waals surface area contributed by atoms with Crippen molar-refractivity contribution in [1.82, 2.24) is 19.9 Å². The SMILES string of the molecule is COc1ccccc1Oc1cnc(-c2ncccn2)nc1OC. The Labute approximate surface area is 132 Å². The van der Waals surface area contributed by atoms with E-state index in [9.17, 15) is 0 Å². The number of rotatable bonds is 5. The second kappa shape index (κ2) is 6.69. The lowest BCUT2D eigenvalue weighted by atomic mass is 10.3. The number of para-hydroxylation sites is 2. The van der Waals surface area contributed by atoms with Crippen LogP contribution in [0.1, 0.15) is 0 Å². The average Bonchev–Trinajstić information content (AvgIpc) is 2.63. The normalized spacial score (nSPS) is 10.2.